The lowest BCUT2D eigenvalue weighted by atomic mass is 10.2. The van der Waals surface area contributed by atoms with Crippen LogP contribution in [0.5, 0.6) is 17.2 Å². The molecule has 0 aliphatic rings. The number of nitrogens with zero attached hydrogens (tertiary/aromatic N) is 3. The Kier molecular flexibility index (Phi) is 6.33. The highest BCUT2D eigenvalue weighted by atomic mass is 16.5. The highest BCUT2D eigenvalue weighted by Gasteiger charge is 2.15. The van der Waals surface area contributed by atoms with E-state index < -0.39 is 0 Å². The summed E-state index contributed by atoms with van der Waals surface area (Å²) in [6.45, 7) is 4.37. The quantitative estimate of drug-likeness (QED) is 0.589. The van der Waals surface area contributed by atoms with E-state index in [9.17, 15) is 4.79 Å². The van der Waals surface area contributed by atoms with Crippen LogP contribution in [-0.2, 0) is 0 Å². The number of imidazole rings is 1. The van der Waals surface area contributed by atoms with Crippen molar-refractivity contribution in [2.45, 2.75) is 13.8 Å². The van der Waals surface area contributed by atoms with Crippen LogP contribution < -0.4 is 19.5 Å². The number of ether oxygens (including phenoxy) is 3. The van der Waals surface area contributed by atoms with E-state index in [4.69, 9.17) is 14.2 Å². The highest BCUT2D eigenvalue weighted by Crippen LogP contribution is 2.27. The third-order valence-electron chi connectivity index (χ3n) is 4.29. The van der Waals surface area contributed by atoms with Crippen LogP contribution in [0.25, 0.3) is 5.82 Å². The molecule has 0 atom stereocenters. The first-order valence-electron chi connectivity index (χ1n) is 9.14. The lowest BCUT2D eigenvalue weighted by molar-refractivity contribution is 0.0946. The molecule has 1 N–H and O–H groups in total. The standard InChI is InChI=1S/C21H24N4O4/c1-14-5-6-19(20(24-14)25-9-7-22-15(25)2)21(26)23-8-10-29-18-12-16(27-3)11-17(13-18)28-4/h5-7,9,11-13H,8,10H2,1-4H3,(H,23,26). The van der Waals surface area contributed by atoms with Crippen LogP contribution in [0, 0.1) is 13.8 Å². The molecule has 0 aliphatic carbocycles. The molecule has 29 heavy (non-hydrogen) atoms. The molecule has 1 amide bonds. The summed E-state index contributed by atoms with van der Waals surface area (Å²) >= 11 is 0. The Bertz CT molecular complexity index is 978. The lowest BCUT2D eigenvalue weighted by Crippen LogP contribution is -2.29. The first kappa shape index (κ1) is 20.2. The zero-order chi connectivity index (χ0) is 20.8. The third-order valence-corrected chi connectivity index (χ3v) is 4.29. The van der Waals surface area contributed by atoms with Crippen molar-refractivity contribution in [2.75, 3.05) is 27.4 Å². The second kappa shape index (κ2) is 9.09. The number of benzene rings is 1. The maximum Gasteiger partial charge on any atom is 0.255 e. The zero-order valence-electron chi connectivity index (χ0n) is 16.9. The minimum absolute atomic E-state index is 0.229. The Hall–Kier alpha value is -3.55. The molecule has 0 spiro atoms. The number of carbonyl (C=O) groups excluding carboxylic acids is 1. The predicted octanol–water partition coefficient (Wildman–Crippen LogP) is 2.71. The van der Waals surface area contributed by atoms with Crippen molar-refractivity contribution in [1.29, 1.82) is 0 Å². The van der Waals surface area contributed by atoms with E-state index in [1.165, 1.54) is 0 Å². The molecule has 0 saturated heterocycles. The SMILES string of the molecule is COc1cc(OC)cc(OCCNC(=O)c2ccc(C)nc2-n2ccnc2C)c1. The summed E-state index contributed by atoms with van der Waals surface area (Å²) in [6, 6.07) is 8.85. The largest absolute Gasteiger partial charge is 0.496 e. The van der Waals surface area contributed by atoms with Gasteiger partial charge < -0.3 is 19.5 Å². The van der Waals surface area contributed by atoms with E-state index in [0.29, 0.717) is 41.8 Å². The molecule has 8 heteroatoms. The molecule has 1 aromatic carbocycles. The van der Waals surface area contributed by atoms with Gasteiger partial charge in [-0.25, -0.2) is 9.97 Å². The summed E-state index contributed by atoms with van der Waals surface area (Å²) in [4.78, 5) is 21.4. The number of carbonyl (C=O) groups is 1. The Morgan fingerprint density at radius 2 is 1.76 bits per heavy atom. The molecule has 0 unspecified atom stereocenters. The van der Waals surface area contributed by atoms with Gasteiger partial charge in [-0.15, -0.1) is 0 Å². The van der Waals surface area contributed by atoms with Crippen LogP contribution in [-0.4, -0.2) is 47.8 Å². The average Bonchev–Trinajstić information content (AvgIpc) is 3.16. The molecule has 3 rings (SSSR count). The van der Waals surface area contributed by atoms with Crippen molar-refractivity contribution in [2.24, 2.45) is 0 Å². The van der Waals surface area contributed by atoms with Crippen molar-refractivity contribution in [3.05, 3.63) is 59.8 Å². The highest BCUT2D eigenvalue weighted by molar-refractivity contribution is 5.97. The van der Waals surface area contributed by atoms with Crippen LogP contribution >= 0.6 is 0 Å². The number of hydrogen-bond acceptors (Lipinski definition) is 6. The minimum Gasteiger partial charge on any atom is -0.496 e. The van der Waals surface area contributed by atoms with Crippen LogP contribution in [0.15, 0.2) is 42.7 Å². The molecule has 0 aliphatic heterocycles. The van der Waals surface area contributed by atoms with Crippen molar-refractivity contribution in [1.82, 2.24) is 19.9 Å². The summed E-state index contributed by atoms with van der Waals surface area (Å²) < 4.78 is 18.0. The number of rotatable bonds is 8. The molecular formula is C21H24N4O4. The fourth-order valence-corrected chi connectivity index (χ4v) is 2.80. The molecule has 2 aromatic heterocycles. The second-order valence-corrected chi connectivity index (χ2v) is 6.32. The van der Waals surface area contributed by atoms with Gasteiger partial charge in [-0.05, 0) is 26.0 Å². The molecule has 0 saturated carbocycles. The normalized spacial score (nSPS) is 10.5. The van der Waals surface area contributed by atoms with Gasteiger partial charge in [-0.2, -0.15) is 0 Å². The average molecular weight is 396 g/mol. The van der Waals surface area contributed by atoms with E-state index in [1.807, 2.05) is 19.9 Å². The molecule has 152 valence electrons. The van der Waals surface area contributed by atoms with Crippen molar-refractivity contribution in [3.63, 3.8) is 0 Å². The number of hydrogen-bond donors (Lipinski definition) is 1. The fourth-order valence-electron chi connectivity index (χ4n) is 2.80. The Morgan fingerprint density at radius 1 is 1.07 bits per heavy atom. The second-order valence-electron chi connectivity index (χ2n) is 6.32. The van der Waals surface area contributed by atoms with Crippen LogP contribution in [0.4, 0.5) is 0 Å². The maximum atomic E-state index is 12.7. The van der Waals surface area contributed by atoms with Crippen molar-refractivity contribution in [3.8, 4) is 23.1 Å². The van der Waals surface area contributed by atoms with Gasteiger partial charge in [-0.1, -0.05) is 0 Å². The molecule has 0 fully saturated rings. The molecule has 8 nitrogen and oxygen atoms in total. The number of nitrogens with one attached hydrogen (secondary N) is 1. The van der Waals surface area contributed by atoms with Crippen molar-refractivity contribution < 1.29 is 19.0 Å². The van der Waals surface area contributed by atoms with E-state index in [-0.39, 0.29) is 5.91 Å². The lowest BCUT2D eigenvalue weighted by Gasteiger charge is -2.13. The number of aryl methyl sites for hydroxylation is 2. The van der Waals surface area contributed by atoms with Gasteiger partial charge in [0.15, 0.2) is 5.82 Å². The number of amides is 1. The number of methoxy groups -OCH3 is 2. The summed E-state index contributed by atoms with van der Waals surface area (Å²) in [7, 11) is 3.15. The Labute approximate surface area is 169 Å². The minimum atomic E-state index is -0.229. The fraction of sp³-hybridized carbons (Fsp3) is 0.286. The zero-order valence-corrected chi connectivity index (χ0v) is 16.9. The van der Waals surface area contributed by atoms with Crippen LogP contribution in [0.2, 0.25) is 0 Å². The van der Waals surface area contributed by atoms with Gasteiger partial charge in [0.25, 0.3) is 5.91 Å². The van der Waals surface area contributed by atoms with Crippen LogP contribution in [0.3, 0.4) is 0 Å². The number of aromatic nitrogens is 3. The predicted molar refractivity (Wildman–Crippen MR) is 108 cm³/mol. The third kappa shape index (κ3) is 4.84. The smallest absolute Gasteiger partial charge is 0.255 e. The molecule has 3 aromatic rings. The monoisotopic (exact) mass is 396 g/mol. The van der Waals surface area contributed by atoms with Gasteiger partial charge in [0.2, 0.25) is 0 Å². The first-order valence-corrected chi connectivity index (χ1v) is 9.14. The van der Waals surface area contributed by atoms with Gasteiger partial charge >= 0.3 is 0 Å². The molecule has 2 heterocycles. The van der Waals surface area contributed by atoms with Crippen LogP contribution in [0.1, 0.15) is 21.9 Å². The van der Waals surface area contributed by atoms with Gasteiger partial charge in [0, 0.05) is 36.3 Å². The summed E-state index contributed by atoms with van der Waals surface area (Å²) in [5.41, 5.74) is 1.29. The van der Waals surface area contributed by atoms with E-state index in [1.54, 1.807) is 55.4 Å². The number of pyridine rings is 1. The Morgan fingerprint density at radius 3 is 2.38 bits per heavy atom. The summed E-state index contributed by atoms with van der Waals surface area (Å²) in [5, 5.41) is 2.87. The van der Waals surface area contributed by atoms with Gasteiger partial charge in [-0.3, -0.25) is 9.36 Å². The van der Waals surface area contributed by atoms with E-state index in [2.05, 4.69) is 15.3 Å². The first-order chi connectivity index (χ1) is 14.0. The van der Waals surface area contributed by atoms with Crippen molar-refractivity contribution >= 4 is 5.91 Å². The van der Waals surface area contributed by atoms with Gasteiger partial charge in [0.05, 0.1) is 26.3 Å². The van der Waals surface area contributed by atoms with E-state index in [0.717, 1.165) is 11.5 Å². The molecular weight excluding hydrogens is 372 g/mol. The van der Waals surface area contributed by atoms with E-state index >= 15 is 0 Å². The summed E-state index contributed by atoms with van der Waals surface area (Å²) in [5.74, 6) is 2.95. The maximum absolute atomic E-state index is 12.7. The Balaban J connectivity index is 1.64. The van der Waals surface area contributed by atoms with Gasteiger partial charge in [0.1, 0.15) is 29.7 Å². The summed E-state index contributed by atoms with van der Waals surface area (Å²) in [6.07, 6.45) is 3.46. The molecule has 0 radical (unpaired) electrons. The topological polar surface area (TPSA) is 87.5 Å². The molecule has 0 bridgehead atoms.